The van der Waals surface area contributed by atoms with Gasteiger partial charge in [-0.05, 0) is 43.2 Å². The molecule has 1 aromatic rings. The minimum absolute atomic E-state index is 0.130. The van der Waals surface area contributed by atoms with Gasteiger partial charge < -0.3 is 10.6 Å². The van der Waals surface area contributed by atoms with Crippen LogP contribution in [0.1, 0.15) is 35.2 Å². The van der Waals surface area contributed by atoms with Crippen LogP contribution in [-0.2, 0) is 5.75 Å². The minimum atomic E-state index is 0.130. The molecular formula is C15H22N2OS. The van der Waals surface area contributed by atoms with E-state index in [9.17, 15) is 4.79 Å². The van der Waals surface area contributed by atoms with Crippen LogP contribution in [0, 0.1) is 0 Å². The number of carbonyl (C=O) groups is 1. The molecular weight excluding hydrogens is 256 g/mol. The molecule has 19 heavy (non-hydrogen) atoms. The Bertz CT molecular complexity index is 419. The van der Waals surface area contributed by atoms with Crippen molar-refractivity contribution in [1.29, 1.82) is 0 Å². The van der Waals surface area contributed by atoms with Gasteiger partial charge in [-0.2, -0.15) is 11.8 Å². The van der Waals surface area contributed by atoms with Crippen LogP contribution < -0.4 is 5.73 Å². The highest BCUT2D eigenvalue weighted by Gasteiger charge is 2.26. The van der Waals surface area contributed by atoms with E-state index in [1.54, 1.807) is 11.8 Å². The average molecular weight is 278 g/mol. The van der Waals surface area contributed by atoms with Crippen molar-refractivity contribution in [3.05, 3.63) is 35.4 Å². The molecule has 1 aliphatic heterocycles. The fraction of sp³-hybridized carbons (Fsp3) is 0.533. The van der Waals surface area contributed by atoms with Crippen molar-refractivity contribution < 1.29 is 4.79 Å². The zero-order valence-electron chi connectivity index (χ0n) is 11.5. The Hall–Kier alpha value is -1.00. The molecule has 0 aromatic heterocycles. The molecule has 3 nitrogen and oxygen atoms in total. The lowest BCUT2D eigenvalue weighted by Crippen LogP contribution is -2.47. The molecule has 0 spiro atoms. The molecule has 1 amide bonds. The van der Waals surface area contributed by atoms with Gasteiger partial charge in [-0.3, -0.25) is 4.79 Å². The topological polar surface area (TPSA) is 46.3 Å². The third kappa shape index (κ3) is 3.51. The summed E-state index contributed by atoms with van der Waals surface area (Å²) in [5.41, 5.74) is 7.82. The Morgan fingerprint density at radius 1 is 1.37 bits per heavy atom. The van der Waals surface area contributed by atoms with Gasteiger partial charge in [0.15, 0.2) is 0 Å². The molecule has 0 aliphatic carbocycles. The zero-order valence-corrected chi connectivity index (χ0v) is 12.3. The van der Waals surface area contributed by atoms with E-state index in [0.717, 1.165) is 30.7 Å². The summed E-state index contributed by atoms with van der Waals surface area (Å²) in [6, 6.07) is 8.19. The number of hydrogen-bond donors (Lipinski definition) is 1. The Labute approximate surface area is 119 Å². The van der Waals surface area contributed by atoms with Gasteiger partial charge in [0.05, 0.1) is 0 Å². The molecule has 2 rings (SSSR count). The predicted molar refractivity (Wildman–Crippen MR) is 81.4 cm³/mol. The number of piperidine rings is 1. The second kappa shape index (κ2) is 6.96. The number of hydrogen-bond acceptors (Lipinski definition) is 3. The molecule has 1 heterocycles. The molecule has 1 unspecified atom stereocenters. The maximum atomic E-state index is 12.5. The van der Waals surface area contributed by atoms with E-state index in [1.165, 1.54) is 12.0 Å². The highest BCUT2D eigenvalue weighted by Crippen LogP contribution is 2.19. The molecule has 1 atom stereocenters. The maximum absolute atomic E-state index is 12.5. The first kappa shape index (κ1) is 14.4. The van der Waals surface area contributed by atoms with Crippen LogP contribution in [0.3, 0.4) is 0 Å². The fourth-order valence-electron chi connectivity index (χ4n) is 2.59. The van der Waals surface area contributed by atoms with E-state index in [2.05, 4.69) is 6.26 Å². The summed E-state index contributed by atoms with van der Waals surface area (Å²) >= 11 is 1.79. The molecule has 104 valence electrons. The summed E-state index contributed by atoms with van der Waals surface area (Å²) in [7, 11) is 0. The van der Waals surface area contributed by atoms with Crippen LogP contribution in [0.15, 0.2) is 24.3 Å². The van der Waals surface area contributed by atoms with Crippen LogP contribution in [0.4, 0.5) is 0 Å². The van der Waals surface area contributed by atoms with Crippen LogP contribution in [0.5, 0.6) is 0 Å². The summed E-state index contributed by atoms with van der Waals surface area (Å²) in [6.45, 7) is 1.41. The Kier molecular flexibility index (Phi) is 5.28. The molecule has 1 aromatic carbocycles. The van der Waals surface area contributed by atoms with Crippen LogP contribution >= 0.6 is 11.8 Å². The summed E-state index contributed by atoms with van der Waals surface area (Å²) in [5, 5.41) is 0. The summed E-state index contributed by atoms with van der Waals surface area (Å²) in [4.78, 5) is 14.5. The van der Waals surface area contributed by atoms with Gasteiger partial charge in [-0.1, -0.05) is 12.1 Å². The van der Waals surface area contributed by atoms with E-state index in [1.807, 2.05) is 29.2 Å². The SMILES string of the molecule is CSCc1ccc(C(=O)N2CCCCC2CN)cc1. The van der Waals surface area contributed by atoms with Crippen LogP contribution in [-0.4, -0.2) is 36.2 Å². The number of thioether (sulfide) groups is 1. The van der Waals surface area contributed by atoms with Gasteiger partial charge in [0.25, 0.3) is 5.91 Å². The second-order valence-corrected chi connectivity index (χ2v) is 5.88. The lowest BCUT2D eigenvalue weighted by Gasteiger charge is -2.35. The standard InChI is InChI=1S/C15H22N2OS/c1-19-11-12-5-7-13(8-6-12)15(18)17-9-3-2-4-14(17)10-16/h5-8,14H,2-4,9-11,16H2,1H3. The Morgan fingerprint density at radius 2 is 2.11 bits per heavy atom. The van der Waals surface area contributed by atoms with Crippen molar-refractivity contribution in [3.63, 3.8) is 0 Å². The maximum Gasteiger partial charge on any atom is 0.254 e. The molecule has 4 heteroatoms. The van der Waals surface area contributed by atoms with Gasteiger partial charge in [0.1, 0.15) is 0 Å². The molecule has 0 radical (unpaired) electrons. The molecule has 2 N–H and O–H groups in total. The molecule has 1 saturated heterocycles. The zero-order chi connectivity index (χ0) is 13.7. The second-order valence-electron chi connectivity index (χ2n) is 5.01. The molecule has 0 bridgehead atoms. The van der Waals surface area contributed by atoms with Gasteiger partial charge >= 0.3 is 0 Å². The Balaban J connectivity index is 2.09. The lowest BCUT2D eigenvalue weighted by molar-refractivity contribution is 0.0623. The normalized spacial score (nSPS) is 19.5. The van der Waals surface area contributed by atoms with Crippen LogP contribution in [0.2, 0.25) is 0 Å². The first-order valence-electron chi connectivity index (χ1n) is 6.85. The van der Waals surface area contributed by atoms with Crippen molar-refractivity contribution in [2.24, 2.45) is 5.73 Å². The van der Waals surface area contributed by atoms with Crippen molar-refractivity contribution in [2.45, 2.75) is 31.1 Å². The highest BCUT2D eigenvalue weighted by molar-refractivity contribution is 7.97. The first-order valence-corrected chi connectivity index (χ1v) is 8.24. The lowest BCUT2D eigenvalue weighted by atomic mass is 10.0. The number of carbonyl (C=O) groups excluding carboxylic acids is 1. The van der Waals surface area contributed by atoms with E-state index in [-0.39, 0.29) is 11.9 Å². The number of nitrogens with zero attached hydrogens (tertiary/aromatic N) is 1. The predicted octanol–water partition coefficient (Wildman–Crippen LogP) is 2.50. The first-order chi connectivity index (χ1) is 9.26. The number of nitrogens with two attached hydrogens (primary N) is 1. The highest BCUT2D eigenvalue weighted by atomic mass is 32.2. The van der Waals surface area contributed by atoms with Crippen molar-refractivity contribution in [1.82, 2.24) is 4.90 Å². The fourth-order valence-corrected chi connectivity index (χ4v) is 3.11. The molecule has 1 aliphatic rings. The Morgan fingerprint density at radius 3 is 2.74 bits per heavy atom. The largest absolute Gasteiger partial charge is 0.334 e. The number of rotatable bonds is 4. The van der Waals surface area contributed by atoms with E-state index >= 15 is 0 Å². The van der Waals surface area contributed by atoms with Gasteiger partial charge in [0, 0.05) is 30.4 Å². The number of benzene rings is 1. The third-order valence-electron chi connectivity index (χ3n) is 3.67. The molecule has 1 fully saturated rings. The van der Waals surface area contributed by atoms with Gasteiger partial charge in [-0.25, -0.2) is 0 Å². The number of amides is 1. The van der Waals surface area contributed by atoms with Crippen molar-refractivity contribution in [2.75, 3.05) is 19.3 Å². The molecule has 0 saturated carbocycles. The monoisotopic (exact) mass is 278 g/mol. The van der Waals surface area contributed by atoms with Crippen molar-refractivity contribution >= 4 is 17.7 Å². The average Bonchev–Trinajstić information content (AvgIpc) is 2.47. The van der Waals surface area contributed by atoms with E-state index in [4.69, 9.17) is 5.73 Å². The van der Waals surface area contributed by atoms with E-state index < -0.39 is 0 Å². The van der Waals surface area contributed by atoms with Gasteiger partial charge in [-0.15, -0.1) is 0 Å². The third-order valence-corrected chi connectivity index (χ3v) is 4.29. The summed E-state index contributed by atoms with van der Waals surface area (Å²) in [5.74, 6) is 1.12. The summed E-state index contributed by atoms with van der Waals surface area (Å²) < 4.78 is 0. The smallest absolute Gasteiger partial charge is 0.254 e. The number of likely N-dealkylation sites (tertiary alicyclic amines) is 1. The van der Waals surface area contributed by atoms with Crippen molar-refractivity contribution in [3.8, 4) is 0 Å². The van der Waals surface area contributed by atoms with Crippen LogP contribution in [0.25, 0.3) is 0 Å². The minimum Gasteiger partial charge on any atom is -0.334 e. The summed E-state index contributed by atoms with van der Waals surface area (Å²) in [6.07, 6.45) is 5.39. The van der Waals surface area contributed by atoms with Gasteiger partial charge in [0.2, 0.25) is 0 Å². The quantitative estimate of drug-likeness (QED) is 0.920. The van der Waals surface area contributed by atoms with E-state index in [0.29, 0.717) is 6.54 Å².